The third kappa shape index (κ3) is 2.26. The molecule has 0 bridgehead atoms. The Bertz CT molecular complexity index is 401. The predicted molar refractivity (Wildman–Crippen MR) is 65.0 cm³/mol. The van der Waals surface area contributed by atoms with Gasteiger partial charge in [0.2, 0.25) is 0 Å². The fourth-order valence-corrected chi connectivity index (χ4v) is 2.40. The SMILES string of the molecule is CC1(C)OB(c2ccc(C(F)F)s2)OC1(C)C. The molecule has 1 aromatic heterocycles. The maximum atomic E-state index is 12.5. The van der Waals surface area contributed by atoms with Crippen LogP contribution in [0.25, 0.3) is 0 Å². The van der Waals surface area contributed by atoms with Crippen molar-refractivity contribution in [3.63, 3.8) is 0 Å². The van der Waals surface area contributed by atoms with E-state index >= 15 is 0 Å². The Morgan fingerprint density at radius 1 is 1.12 bits per heavy atom. The van der Waals surface area contributed by atoms with E-state index in [9.17, 15) is 8.78 Å². The smallest absolute Gasteiger partial charge is 0.399 e. The van der Waals surface area contributed by atoms with Crippen molar-refractivity contribution in [2.75, 3.05) is 0 Å². The maximum Gasteiger partial charge on any atom is 0.505 e. The highest BCUT2D eigenvalue weighted by atomic mass is 32.1. The first kappa shape index (κ1) is 13.0. The summed E-state index contributed by atoms with van der Waals surface area (Å²) in [7, 11) is -0.544. The van der Waals surface area contributed by atoms with Gasteiger partial charge in [-0.05, 0) is 33.8 Å². The van der Waals surface area contributed by atoms with Crippen LogP contribution in [-0.4, -0.2) is 18.3 Å². The quantitative estimate of drug-likeness (QED) is 0.761. The molecule has 94 valence electrons. The Balaban J connectivity index is 2.20. The minimum Gasteiger partial charge on any atom is -0.399 e. The van der Waals surface area contributed by atoms with Gasteiger partial charge in [0.15, 0.2) is 0 Å². The highest BCUT2D eigenvalue weighted by Crippen LogP contribution is 2.37. The van der Waals surface area contributed by atoms with E-state index in [2.05, 4.69) is 0 Å². The second kappa shape index (κ2) is 4.04. The van der Waals surface area contributed by atoms with Gasteiger partial charge >= 0.3 is 7.12 Å². The minimum absolute atomic E-state index is 0.0507. The summed E-state index contributed by atoms with van der Waals surface area (Å²) >= 11 is 1.04. The Morgan fingerprint density at radius 3 is 2.06 bits per heavy atom. The van der Waals surface area contributed by atoms with Crippen molar-refractivity contribution in [3.05, 3.63) is 17.0 Å². The maximum absolute atomic E-state index is 12.5. The number of rotatable bonds is 2. The molecule has 0 N–H and O–H groups in total. The van der Waals surface area contributed by atoms with E-state index in [1.54, 1.807) is 6.07 Å². The molecule has 0 spiro atoms. The molecule has 2 nitrogen and oxygen atoms in total. The molecule has 1 aliphatic rings. The highest BCUT2D eigenvalue weighted by Gasteiger charge is 2.52. The lowest BCUT2D eigenvalue weighted by Gasteiger charge is -2.32. The number of halogens is 2. The summed E-state index contributed by atoms with van der Waals surface area (Å²) in [6.45, 7) is 7.76. The van der Waals surface area contributed by atoms with E-state index in [0.717, 1.165) is 11.3 Å². The van der Waals surface area contributed by atoms with Gasteiger partial charge in [-0.1, -0.05) is 6.07 Å². The lowest BCUT2D eigenvalue weighted by Crippen LogP contribution is -2.41. The summed E-state index contributed by atoms with van der Waals surface area (Å²) in [5.41, 5.74) is -0.876. The van der Waals surface area contributed by atoms with Gasteiger partial charge in [-0.15, -0.1) is 11.3 Å². The van der Waals surface area contributed by atoms with Crippen molar-refractivity contribution in [1.29, 1.82) is 0 Å². The molecule has 1 aliphatic heterocycles. The van der Waals surface area contributed by atoms with Crippen LogP contribution in [0.4, 0.5) is 8.78 Å². The van der Waals surface area contributed by atoms with Crippen LogP contribution in [0.1, 0.15) is 39.0 Å². The highest BCUT2D eigenvalue weighted by molar-refractivity contribution is 7.22. The zero-order valence-electron chi connectivity index (χ0n) is 10.3. The molecule has 6 heteroatoms. The average Bonchev–Trinajstić information content (AvgIpc) is 2.70. The van der Waals surface area contributed by atoms with Gasteiger partial charge in [0.25, 0.3) is 6.43 Å². The Kier molecular flexibility index (Phi) is 3.08. The number of hydrogen-bond acceptors (Lipinski definition) is 3. The van der Waals surface area contributed by atoms with Gasteiger partial charge in [0.1, 0.15) is 0 Å². The fourth-order valence-electron chi connectivity index (χ4n) is 1.57. The van der Waals surface area contributed by atoms with Crippen LogP contribution in [0.5, 0.6) is 0 Å². The van der Waals surface area contributed by atoms with Crippen molar-refractivity contribution >= 4 is 23.2 Å². The van der Waals surface area contributed by atoms with Crippen molar-refractivity contribution in [3.8, 4) is 0 Å². The van der Waals surface area contributed by atoms with Crippen LogP contribution >= 0.6 is 11.3 Å². The first-order valence-electron chi connectivity index (χ1n) is 5.46. The third-order valence-corrected chi connectivity index (χ3v) is 4.46. The number of thiophene rings is 1. The largest absolute Gasteiger partial charge is 0.505 e. The van der Waals surface area contributed by atoms with E-state index in [0.29, 0.717) is 4.78 Å². The van der Waals surface area contributed by atoms with E-state index < -0.39 is 24.7 Å². The van der Waals surface area contributed by atoms with Gasteiger partial charge < -0.3 is 9.31 Å². The Hall–Kier alpha value is -0.455. The summed E-state index contributed by atoms with van der Waals surface area (Å²) in [5.74, 6) is 0. The van der Waals surface area contributed by atoms with Crippen molar-refractivity contribution in [2.45, 2.75) is 45.3 Å². The first-order chi connectivity index (χ1) is 7.73. The summed E-state index contributed by atoms with van der Waals surface area (Å²) < 4.78 is 37.3. The van der Waals surface area contributed by atoms with Crippen molar-refractivity contribution in [1.82, 2.24) is 0 Å². The third-order valence-electron chi connectivity index (χ3n) is 3.35. The molecular weight excluding hydrogens is 245 g/mol. The molecule has 0 saturated carbocycles. The predicted octanol–water partition coefficient (Wildman–Crippen LogP) is 2.98. The normalized spacial score (nSPS) is 22.4. The van der Waals surface area contributed by atoms with Gasteiger partial charge in [-0.2, -0.15) is 0 Å². The monoisotopic (exact) mass is 260 g/mol. The Labute approximate surface area is 104 Å². The van der Waals surface area contributed by atoms with Crippen LogP contribution in [-0.2, 0) is 9.31 Å². The summed E-state index contributed by atoms with van der Waals surface area (Å²) in [6.07, 6.45) is -2.43. The van der Waals surface area contributed by atoms with E-state index in [1.165, 1.54) is 6.07 Å². The molecule has 0 aliphatic carbocycles. The number of alkyl halides is 2. The van der Waals surface area contributed by atoms with E-state index in [1.807, 2.05) is 27.7 Å². The minimum atomic E-state index is -2.43. The molecule has 0 unspecified atom stereocenters. The first-order valence-corrected chi connectivity index (χ1v) is 6.28. The van der Waals surface area contributed by atoms with Crippen LogP contribution in [0.3, 0.4) is 0 Å². The summed E-state index contributed by atoms with van der Waals surface area (Å²) in [4.78, 5) is 0.0507. The molecule has 1 fully saturated rings. The molecule has 0 atom stereocenters. The van der Waals surface area contributed by atoms with Crippen molar-refractivity contribution < 1.29 is 18.1 Å². The van der Waals surface area contributed by atoms with Crippen LogP contribution < -0.4 is 4.78 Å². The molecular formula is C11H15BF2O2S. The summed E-state index contributed by atoms with van der Waals surface area (Å²) in [6, 6.07) is 3.07. The molecule has 0 amide bonds. The molecule has 0 aromatic carbocycles. The molecule has 17 heavy (non-hydrogen) atoms. The lowest BCUT2D eigenvalue weighted by atomic mass is 9.88. The molecule has 2 rings (SSSR count). The van der Waals surface area contributed by atoms with Crippen LogP contribution in [0.2, 0.25) is 0 Å². The standard InChI is InChI=1S/C11H15BF2O2S/c1-10(2)11(3,4)16-12(15-10)8-6-5-7(17-8)9(13)14/h5-6,9H,1-4H3. The van der Waals surface area contributed by atoms with Gasteiger partial charge in [0.05, 0.1) is 16.1 Å². The van der Waals surface area contributed by atoms with Gasteiger partial charge in [0, 0.05) is 4.78 Å². The molecule has 2 heterocycles. The topological polar surface area (TPSA) is 18.5 Å². The lowest BCUT2D eigenvalue weighted by molar-refractivity contribution is 0.00578. The zero-order chi connectivity index (χ0) is 12.8. The molecule has 0 radical (unpaired) electrons. The average molecular weight is 260 g/mol. The fraction of sp³-hybridized carbons (Fsp3) is 0.636. The van der Waals surface area contributed by atoms with Crippen LogP contribution in [0, 0.1) is 0 Å². The van der Waals surface area contributed by atoms with Crippen molar-refractivity contribution in [2.24, 2.45) is 0 Å². The molecule has 1 saturated heterocycles. The zero-order valence-corrected chi connectivity index (χ0v) is 11.1. The van der Waals surface area contributed by atoms with E-state index in [-0.39, 0.29) is 4.88 Å². The van der Waals surface area contributed by atoms with E-state index in [4.69, 9.17) is 9.31 Å². The molecule has 1 aromatic rings. The second-order valence-corrected chi connectivity index (χ2v) is 6.28. The van der Waals surface area contributed by atoms with Gasteiger partial charge in [-0.25, -0.2) is 8.78 Å². The van der Waals surface area contributed by atoms with Gasteiger partial charge in [-0.3, -0.25) is 0 Å². The summed E-state index contributed by atoms with van der Waals surface area (Å²) in [5, 5.41) is 0. The Morgan fingerprint density at radius 2 is 1.65 bits per heavy atom. The van der Waals surface area contributed by atoms with Crippen LogP contribution in [0.15, 0.2) is 12.1 Å². The second-order valence-electron chi connectivity index (χ2n) is 5.13. The number of hydrogen-bond donors (Lipinski definition) is 0.